The van der Waals surface area contributed by atoms with E-state index in [0.717, 1.165) is 18.2 Å². The third kappa shape index (κ3) is 2.36. The second kappa shape index (κ2) is 4.32. The monoisotopic (exact) mass is 296 g/mol. The van der Waals surface area contributed by atoms with E-state index in [1.165, 1.54) is 5.32 Å². The Morgan fingerprint density at radius 1 is 1.20 bits per heavy atom. The number of alkyl halides is 5. The molecule has 0 unspecified atom stereocenters. The summed E-state index contributed by atoms with van der Waals surface area (Å²) in [6, 6.07) is 3.14. The molecule has 108 valence electrons. The van der Waals surface area contributed by atoms with Gasteiger partial charge in [0.05, 0.1) is 5.52 Å². The predicted octanol–water partition coefficient (Wildman–Crippen LogP) is 2.26. The Morgan fingerprint density at radius 3 is 2.45 bits per heavy atom. The molecule has 0 spiro atoms. The lowest BCUT2D eigenvalue weighted by atomic mass is 10.2. The number of benzene rings is 1. The summed E-state index contributed by atoms with van der Waals surface area (Å²) < 4.78 is 65.9. The Morgan fingerprint density at radius 2 is 1.85 bits per heavy atom. The highest BCUT2D eigenvalue weighted by atomic mass is 19.4. The summed E-state index contributed by atoms with van der Waals surface area (Å²) in [5, 5.41) is 1.42. The van der Waals surface area contributed by atoms with Crippen LogP contribution < -0.4 is 11.1 Å². The Hall–Kier alpha value is -2.39. The molecule has 1 aromatic carbocycles. The van der Waals surface area contributed by atoms with E-state index in [1.54, 1.807) is 0 Å². The van der Waals surface area contributed by atoms with E-state index in [1.807, 2.05) is 0 Å². The number of amides is 1. The molecule has 1 heterocycles. The molecule has 2 aromatic rings. The van der Waals surface area contributed by atoms with Gasteiger partial charge in [0.2, 0.25) is 0 Å². The summed E-state index contributed by atoms with van der Waals surface area (Å²) >= 11 is 0. The zero-order chi connectivity index (χ0) is 15.1. The van der Waals surface area contributed by atoms with Crippen LogP contribution in [0.1, 0.15) is 0 Å². The molecule has 1 aromatic heterocycles. The van der Waals surface area contributed by atoms with Crippen molar-refractivity contribution in [1.82, 2.24) is 4.98 Å². The van der Waals surface area contributed by atoms with Gasteiger partial charge in [-0.1, -0.05) is 0 Å². The second-order valence-corrected chi connectivity index (χ2v) is 3.75. The van der Waals surface area contributed by atoms with Crippen molar-refractivity contribution < 1.29 is 31.2 Å². The van der Waals surface area contributed by atoms with E-state index in [9.17, 15) is 31.5 Å². The lowest BCUT2D eigenvalue weighted by Crippen LogP contribution is -2.47. The zero-order valence-corrected chi connectivity index (χ0v) is 9.35. The van der Waals surface area contributed by atoms with Gasteiger partial charge in [-0.15, -0.1) is 0 Å². The largest absolute Gasteiger partial charge is 0.463 e. The summed E-state index contributed by atoms with van der Waals surface area (Å²) in [5.74, 6) is -8.87. The number of carbonyl (C=O) groups is 1. The number of aromatic amines is 1. The van der Waals surface area contributed by atoms with Gasteiger partial charge in [0.15, 0.2) is 5.58 Å². The Kier molecular flexibility index (Phi) is 3.03. The molecule has 0 fully saturated rings. The van der Waals surface area contributed by atoms with Crippen molar-refractivity contribution in [2.45, 2.75) is 12.1 Å². The van der Waals surface area contributed by atoms with Crippen molar-refractivity contribution in [3.05, 3.63) is 28.7 Å². The van der Waals surface area contributed by atoms with Crippen LogP contribution in [0, 0.1) is 0 Å². The van der Waals surface area contributed by atoms with Crippen molar-refractivity contribution in [2.24, 2.45) is 0 Å². The fourth-order valence-corrected chi connectivity index (χ4v) is 1.37. The molecule has 0 radical (unpaired) electrons. The molecule has 0 saturated carbocycles. The summed E-state index contributed by atoms with van der Waals surface area (Å²) in [4.78, 5) is 23.9. The molecule has 0 saturated heterocycles. The van der Waals surface area contributed by atoms with Gasteiger partial charge in [0, 0.05) is 5.69 Å². The van der Waals surface area contributed by atoms with E-state index in [4.69, 9.17) is 0 Å². The first kappa shape index (κ1) is 14.0. The van der Waals surface area contributed by atoms with Crippen molar-refractivity contribution in [1.29, 1.82) is 0 Å². The number of anilines is 1. The molecule has 2 rings (SSSR count). The molecule has 5 nitrogen and oxygen atoms in total. The van der Waals surface area contributed by atoms with Crippen LogP contribution in [0.5, 0.6) is 0 Å². The molecule has 0 atom stereocenters. The first-order chi connectivity index (χ1) is 9.11. The number of hydrogen-bond acceptors (Lipinski definition) is 3. The molecule has 0 aliphatic carbocycles. The summed E-state index contributed by atoms with van der Waals surface area (Å²) in [7, 11) is 0. The van der Waals surface area contributed by atoms with Crippen molar-refractivity contribution in [3.63, 3.8) is 0 Å². The van der Waals surface area contributed by atoms with Gasteiger partial charge in [-0.25, -0.2) is 4.79 Å². The molecule has 2 N–H and O–H groups in total. The molecule has 10 heteroatoms. The van der Waals surface area contributed by atoms with Crippen LogP contribution in [0.25, 0.3) is 11.1 Å². The summed E-state index contributed by atoms with van der Waals surface area (Å²) in [6.45, 7) is 0. The number of nitrogens with one attached hydrogen (secondary N) is 2. The molecular weight excluding hydrogens is 291 g/mol. The van der Waals surface area contributed by atoms with E-state index < -0.39 is 23.8 Å². The number of hydrogen-bond donors (Lipinski definition) is 2. The molecule has 20 heavy (non-hydrogen) atoms. The molecule has 0 bridgehead atoms. The number of rotatable bonds is 2. The van der Waals surface area contributed by atoms with Gasteiger partial charge in [-0.2, -0.15) is 22.0 Å². The maximum atomic E-state index is 12.7. The Bertz CT molecular complexity index is 715. The van der Waals surface area contributed by atoms with Crippen LogP contribution in [0.3, 0.4) is 0 Å². The predicted molar refractivity (Wildman–Crippen MR) is 56.5 cm³/mol. The highest BCUT2D eigenvalue weighted by molar-refractivity contribution is 5.97. The number of carbonyl (C=O) groups excluding carboxylic acids is 1. The molecular formula is C10H5F5N2O3. The molecule has 0 aliphatic heterocycles. The Labute approximate surface area is 106 Å². The third-order valence-corrected chi connectivity index (χ3v) is 2.32. The van der Waals surface area contributed by atoms with Crippen molar-refractivity contribution in [2.75, 3.05) is 5.32 Å². The van der Waals surface area contributed by atoms with Crippen molar-refractivity contribution in [3.8, 4) is 0 Å². The number of halogens is 5. The average molecular weight is 296 g/mol. The van der Waals surface area contributed by atoms with E-state index >= 15 is 0 Å². The minimum absolute atomic E-state index is 0.0446. The maximum absolute atomic E-state index is 12.7. The van der Waals surface area contributed by atoms with Crippen LogP contribution in [-0.4, -0.2) is 23.0 Å². The van der Waals surface area contributed by atoms with Crippen LogP contribution in [0.15, 0.2) is 27.4 Å². The number of aromatic nitrogens is 1. The fraction of sp³-hybridized carbons (Fsp3) is 0.200. The van der Waals surface area contributed by atoms with E-state index in [-0.39, 0.29) is 16.8 Å². The fourth-order valence-electron chi connectivity index (χ4n) is 1.37. The van der Waals surface area contributed by atoms with Gasteiger partial charge in [-0.05, 0) is 18.2 Å². The minimum Gasteiger partial charge on any atom is -0.408 e. The number of fused-ring (bicyclic) bond motifs is 1. The van der Waals surface area contributed by atoms with E-state index in [0.29, 0.717) is 0 Å². The van der Waals surface area contributed by atoms with Crippen LogP contribution in [-0.2, 0) is 4.79 Å². The first-order valence-corrected chi connectivity index (χ1v) is 5.00. The third-order valence-electron chi connectivity index (χ3n) is 2.32. The van der Waals surface area contributed by atoms with Gasteiger partial charge >= 0.3 is 23.8 Å². The van der Waals surface area contributed by atoms with Crippen molar-refractivity contribution >= 4 is 22.7 Å². The maximum Gasteiger partial charge on any atom is 0.463 e. The zero-order valence-electron chi connectivity index (χ0n) is 9.35. The van der Waals surface area contributed by atoms with Crippen LogP contribution in [0.4, 0.5) is 27.6 Å². The lowest BCUT2D eigenvalue weighted by molar-refractivity contribution is -0.267. The standard InChI is InChI=1S/C10H5F5N2O3/c11-9(12,10(13,14)15)7(18)16-4-1-2-6-5(3-4)17-8(19)20-6/h1-3H,(H,16,18)(H,17,19). The first-order valence-electron chi connectivity index (χ1n) is 5.00. The number of oxazole rings is 1. The molecule has 1 amide bonds. The highest BCUT2D eigenvalue weighted by Crippen LogP contribution is 2.36. The van der Waals surface area contributed by atoms with Crippen LogP contribution >= 0.6 is 0 Å². The SMILES string of the molecule is O=C(Nc1ccc2oc(=O)[nH]c2c1)C(F)(F)C(F)(F)F. The average Bonchev–Trinajstić information content (AvgIpc) is 2.66. The van der Waals surface area contributed by atoms with Crippen LogP contribution in [0.2, 0.25) is 0 Å². The van der Waals surface area contributed by atoms with E-state index in [2.05, 4.69) is 9.40 Å². The van der Waals surface area contributed by atoms with Gasteiger partial charge in [-0.3, -0.25) is 9.78 Å². The smallest absolute Gasteiger partial charge is 0.408 e. The summed E-state index contributed by atoms with van der Waals surface area (Å²) in [5.41, 5.74) is -0.234. The Balaban J connectivity index is 2.28. The topological polar surface area (TPSA) is 75.1 Å². The molecule has 0 aliphatic rings. The quantitative estimate of drug-likeness (QED) is 0.835. The van der Waals surface area contributed by atoms with Gasteiger partial charge in [0.25, 0.3) is 0 Å². The normalized spacial score (nSPS) is 12.7. The van der Waals surface area contributed by atoms with Gasteiger partial charge in [0.1, 0.15) is 0 Å². The number of H-pyrrole nitrogens is 1. The summed E-state index contributed by atoms with van der Waals surface area (Å²) in [6.07, 6.45) is -5.99. The van der Waals surface area contributed by atoms with Gasteiger partial charge < -0.3 is 9.73 Å². The second-order valence-electron chi connectivity index (χ2n) is 3.75. The highest BCUT2D eigenvalue weighted by Gasteiger charge is 2.63. The minimum atomic E-state index is -5.99. The lowest BCUT2D eigenvalue weighted by Gasteiger charge is -2.18.